The number of carbonyl (C=O) groups excluding carboxylic acids is 2. The first-order valence-electron chi connectivity index (χ1n) is 9.08. The molecule has 0 amide bonds. The van der Waals surface area contributed by atoms with Gasteiger partial charge in [0, 0.05) is 18.0 Å². The second-order valence-electron chi connectivity index (χ2n) is 6.30. The lowest BCUT2D eigenvalue weighted by molar-refractivity contribution is -0.117. The van der Waals surface area contributed by atoms with Gasteiger partial charge < -0.3 is 14.2 Å². The van der Waals surface area contributed by atoms with E-state index in [1.54, 1.807) is 12.1 Å². The predicted octanol–water partition coefficient (Wildman–Crippen LogP) is 5.14. The molecule has 0 fully saturated rings. The van der Waals surface area contributed by atoms with Gasteiger partial charge in [-0.05, 0) is 25.5 Å². The zero-order valence-corrected chi connectivity index (χ0v) is 18.3. The van der Waals surface area contributed by atoms with E-state index in [1.807, 2.05) is 6.92 Å². The van der Waals surface area contributed by atoms with Crippen LogP contribution in [0.2, 0.25) is 10.0 Å². The molecule has 1 aromatic heterocycles. The molecule has 2 aromatic rings. The molecule has 0 aliphatic rings. The predicted molar refractivity (Wildman–Crippen MR) is 112 cm³/mol. The number of Topliss-reactive ketones (excluding diaryl/α,β-unsaturated/α-hetero) is 2. The van der Waals surface area contributed by atoms with Crippen LogP contribution < -0.4 is 14.2 Å². The number of ether oxygens (including phenoxy) is 3. The van der Waals surface area contributed by atoms with Crippen LogP contribution in [0.3, 0.4) is 0 Å². The van der Waals surface area contributed by atoms with Gasteiger partial charge in [-0.1, -0.05) is 36.5 Å². The summed E-state index contributed by atoms with van der Waals surface area (Å²) in [4.78, 5) is 29.8. The van der Waals surface area contributed by atoms with Gasteiger partial charge in [-0.3, -0.25) is 14.6 Å². The number of carbonyl (C=O) groups is 2. The van der Waals surface area contributed by atoms with Gasteiger partial charge in [-0.15, -0.1) is 0 Å². The monoisotopic (exact) mass is 439 g/mol. The van der Waals surface area contributed by atoms with E-state index in [4.69, 9.17) is 37.4 Å². The van der Waals surface area contributed by atoms with Crippen LogP contribution in [0.25, 0.3) is 0 Å². The van der Waals surface area contributed by atoms with Gasteiger partial charge in [-0.2, -0.15) is 0 Å². The minimum atomic E-state index is -1.20. The summed E-state index contributed by atoms with van der Waals surface area (Å²) < 4.78 is 16.6. The molecule has 2 rings (SSSR count). The van der Waals surface area contributed by atoms with E-state index in [0.717, 1.165) is 12.8 Å². The van der Waals surface area contributed by atoms with Crippen molar-refractivity contribution in [1.82, 2.24) is 4.98 Å². The Labute approximate surface area is 180 Å². The molecule has 8 heteroatoms. The lowest BCUT2D eigenvalue weighted by Gasteiger charge is -2.20. The maximum absolute atomic E-state index is 13.5. The van der Waals surface area contributed by atoms with Crippen molar-refractivity contribution in [1.29, 1.82) is 0 Å². The Kier molecular flexibility index (Phi) is 8.29. The van der Waals surface area contributed by atoms with Gasteiger partial charge in [0.15, 0.2) is 17.3 Å². The minimum Gasteiger partial charge on any atom is -0.493 e. The smallest absolute Gasteiger partial charge is 0.204 e. The number of rotatable bonds is 10. The minimum absolute atomic E-state index is 0.139. The molecule has 1 heterocycles. The molecule has 0 radical (unpaired) electrons. The highest BCUT2D eigenvalue weighted by atomic mass is 35.5. The van der Waals surface area contributed by atoms with Crippen molar-refractivity contribution in [3.05, 3.63) is 45.7 Å². The molecular formula is C21H23Cl2NO5. The van der Waals surface area contributed by atoms with Crippen LogP contribution in [0, 0.1) is 0 Å². The van der Waals surface area contributed by atoms with Crippen LogP contribution in [0.4, 0.5) is 0 Å². The standard InChI is InChI=1S/C21H23Cl2NO5/c1-5-6-9-29-20-13(7-8-16(27-3)21(20)28-4)19(26)17(12(2)25)18-14(22)10-24-11-15(18)23/h7-8,10-11,17H,5-6,9H2,1-4H3. The van der Waals surface area contributed by atoms with Gasteiger partial charge in [-0.25, -0.2) is 0 Å². The summed E-state index contributed by atoms with van der Waals surface area (Å²) in [7, 11) is 2.95. The average Bonchev–Trinajstić information content (AvgIpc) is 2.69. The second-order valence-corrected chi connectivity index (χ2v) is 7.12. The van der Waals surface area contributed by atoms with Gasteiger partial charge >= 0.3 is 0 Å². The maximum atomic E-state index is 13.5. The van der Waals surface area contributed by atoms with E-state index >= 15 is 0 Å². The second kappa shape index (κ2) is 10.5. The Morgan fingerprint density at radius 1 is 1.07 bits per heavy atom. The summed E-state index contributed by atoms with van der Waals surface area (Å²) in [6.45, 7) is 3.72. The maximum Gasteiger partial charge on any atom is 0.204 e. The van der Waals surface area contributed by atoms with E-state index in [2.05, 4.69) is 4.98 Å². The molecule has 0 aliphatic carbocycles. The zero-order chi connectivity index (χ0) is 21.6. The fourth-order valence-corrected chi connectivity index (χ4v) is 3.51. The first kappa shape index (κ1) is 23.0. The Balaban J connectivity index is 2.63. The van der Waals surface area contributed by atoms with Gasteiger partial charge in [0.25, 0.3) is 0 Å². The third-order valence-corrected chi connectivity index (χ3v) is 4.96. The molecule has 1 unspecified atom stereocenters. The van der Waals surface area contributed by atoms with Crippen molar-refractivity contribution < 1.29 is 23.8 Å². The van der Waals surface area contributed by atoms with E-state index in [9.17, 15) is 9.59 Å². The van der Waals surface area contributed by atoms with Crippen molar-refractivity contribution in [2.45, 2.75) is 32.6 Å². The van der Waals surface area contributed by atoms with Crippen molar-refractivity contribution in [2.24, 2.45) is 0 Å². The topological polar surface area (TPSA) is 74.7 Å². The summed E-state index contributed by atoms with van der Waals surface area (Å²) >= 11 is 12.4. The number of ketones is 2. The molecule has 1 aromatic carbocycles. The Hall–Kier alpha value is -2.31. The summed E-state index contributed by atoms with van der Waals surface area (Å²) in [5.41, 5.74) is 0.401. The molecule has 0 spiro atoms. The Morgan fingerprint density at radius 2 is 1.72 bits per heavy atom. The highest BCUT2D eigenvalue weighted by Gasteiger charge is 2.34. The summed E-state index contributed by atoms with van der Waals surface area (Å²) in [5.74, 6) is -1.19. The number of hydrogen-bond donors (Lipinski definition) is 0. The fraction of sp³-hybridized carbons (Fsp3) is 0.381. The number of unbranched alkanes of at least 4 members (excludes halogenated alkanes) is 1. The number of pyridine rings is 1. The van der Waals surface area contributed by atoms with Gasteiger partial charge in [0.1, 0.15) is 11.7 Å². The van der Waals surface area contributed by atoms with Gasteiger partial charge in [0.05, 0.1) is 36.4 Å². The van der Waals surface area contributed by atoms with Crippen molar-refractivity contribution in [3.8, 4) is 17.2 Å². The van der Waals surface area contributed by atoms with E-state index in [0.29, 0.717) is 12.4 Å². The molecule has 29 heavy (non-hydrogen) atoms. The molecule has 0 aliphatic heterocycles. The number of hydrogen-bond acceptors (Lipinski definition) is 6. The molecular weight excluding hydrogens is 417 g/mol. The van der Waals surface area contributed by atoms with E-state index in [1.165, 1.54) is 33.5 Å². The summed E-state index contributed by atoms with van der Waals surface area (Å²) in [6.07, 6.45) is 4.39. The van der Waals surface area contributed by atoms with Crippen LogP contribution in [0.15, 0.2) is 24.5 Å². The number of aromatic nitrogens is 1. The van der Waals surface area contributed by atoms with E-state index < -0.39 is 17.5 Å². The number of halogens is 2. The normalized spacial score (nSPS) is 11.7. The largest absolute Gasteiger partial charge is 0.493 e. The zero-order valence-electron chi connectivity index (χ0n) is 16.8. The molecule has 6 nitrogen and oxygen atoms in total. The first-order chi connectivity index (χ1) is 13.9. The Morgan fingerprint density at radius 3 is 2.24 bits per heavy atom. The first-order valence-corrected chi connectivity index (χ1v) is 9.84. The third-order valence-electron chi connectivity index (χ3n) is 4.36. The summed E-state index contributed by atoms with van der Waals surface area (Å²) in [5, 5.41) is 0.278. The Bertz CT molecular complexity index is 881. The highest BCUT2D eigenvalue weighted by Crippen LogP contribution is 2.43. The highest BCUT2D eigenvalue weighted by molar-refractivity contribution is 6.37. The molecule has 1 atom stereocenters. The third kappa shape index (κ3) is 5.00. The quantitative estimate of drug-likeness (QED) is 0.289. The van der Waals surface area contributed by atoms with E-state index in [-0.39, 0.29) is 32.7 Å². The van der Waals surface area contributed by atoms with Crippen LogP contribution in [-0.2, 0) is 4.79 Å². The molecule has 156 valence electrons. The number of methoxy groups -OCH3 is 2. The van der Waals surface area contributed by atoms with Gasteiger partial charge in [0.2, 0.25) is 5.75 Å². The SMILES string of the molecule is CCCCOc1c(C(=O)C(C(C)=O)c2c(Cl)cncc2Cl)ccc(OC)c1OC. The lowest BCUT2D eigenvalue weighted by Crippen LogP contribution is -2.22. The van der Waals surface area contributed by atoms with Crippen molar-refractivity contribution in [3.63, 3.8) is 0 Å². The molecule has 0 saturated heterocycles. The van der Waals surface area contributed by atoms with Crippen LogP contribution >= 0.6 is 23.2 Å². The number of benzene rings is 1. The lowest BCUT2D eigenvalue weighted by atomic mass is 9.87. The van der Waals surface area contributed by atoms with Crippen molar-refractivity contribution in [2.75, 3.05) is 20.8 Å². The average molecular weight is 440 g/mol. The van der Waals surface area contributed by atoms with Crippen molar-refractivity contribution >= 4 is 34.8 Å². The van der Waals surface area contributed by atoms with Crippen LogP contribution in [0.5, 0.6) is 17.2 Å². The molecule has 0 N–H and O–H groups in total. The van der Waals surface area contributed by atoms with Crippen LogP contribution in [0.1, 0.15) is 48.5 Å². The van der Waals surface area contributed by atoms with Crippen LogP contribution in [-0.4, -0.2) is 37.4 Å². The molecule has 0 bridgehead atoms. The molecule has 0 saturated carbocycles. The number of nitrogens with zero attached hydrogens (tertiary/aromatic N) is 1. The summed E-state index contributed by atoms with van der Waals surface area (Å²) in [6, 6.07) is 3.13. The fourth-order valence-electron chi connectivity index (χ4n) is 2.93.